The molecule has 0 aliphatic carbocycles. The number of fused-ring (bicyclic) bond motifs is 1. The van der Waals surface area contributed by atoms with Gasteiger partial charge in [-0.1, -0.05) is 12.1 Å². The topological polar surface area (TPSA) is 98.4 Å². The molecule has 0 radical (unpaired) electrons. The van der Waals surface area contributed by atoms with Gasteiger partial charge in [0.25, 0.3) is 5.91 Å². The number of hydrogen-bond acceptors (Lipinski definition) is 8. The van der Waals surface area contributed by atoms with Crippen LogP contribution in [0.1, 0.15) is 28.8 Å². The first-order valence-electron chi connectivity index (χ1n) is 11.6. The van der Waals surface area contributed by atoms with Crippen molar-refractivity contribution in [3.8, 4) is 23.0 Å². The Hall–Kier alpha value is -3.11. The Morgan fingerprint density at radius 3 is 2.54 bits per heavy atom. The van der Waals surface area contributed by atoms with Gasteiger partial charge in [0.05, 0.1) is 25.1 Å². The highest BCUT2D eigenvalue weighted by molar-refractivity contribution is 8.01. The van der Waals surface area contributed by atoms with E-state index in [1.54, 1.807) is 44.2 Å². The number of nitrogens with zero attached hydrogens (tertiary/aromatic N) is 1. The second-order valence-corrected chi connectivity index (χ2v) is 10.1. The molecule has 0 aromatic heterocycles. The van der Waals surface area contributed by atoms with Crippen molar-refractivity contribution in [2.75, 3.05) is 39.9 Å². The minimum absolute atomic E-state index is 0.0238. The van der Waals surface area contributed by atoms with E-state index in [1.165, 1.54) is 0 Å². The van der Waals surface area contributed by atoms with Gasteiger partial charge in [0.2, 0.25) is 12.7 Å². The zero-order valence-corrected chi connectivity index (χ0v) is 20.6. The van der Waals surface area contributed by atoms with Crippen molar-refractivity contribution in [1.29, 1.82) is 0 Å². The lowest BCUT2D eigenvalue weighted by Gasteiger charge is -2.39. The van der Waals surface area contributed by atoms with Crippen LogP contribution in [0.3, 0.4) is 0 Å². The summed E-state index contributed by atoms with van der Waals surface area (Å²) in [5.41, 5.74) is 1.41. The van der Waals surface area contributed by atoms with Crippen LogP contribution in [0.15, 0.2) is 36.4 Å². The molecule has 3 heterocycles. The molecule has 1 atom stereocenters. The standard InChI is InChI=1S/C25H29N3O6S/c1-31-19-4-3-5-20(32-2)22(19)24(30)28-10-8-25(9-11-28)27-17(14-35-25)23(29)26-13-16-6-7-18-21(12-16)34-15-33-18/h3-7,12,17,27H,8-11,13-15H2,1-2H3,(H,26,29). The maximum atomic E-state index is 13.3. The van der Waals surface area contributed by atoms with Crippen molar-refractivity contribution < 1.29 is 28.5 Å². The Balaban J connectivity index is 1.15. The number of thioether (sulfide) groups is 1. The van der Waals surface area contributed by atoms with E-state index in [1.807, 2.05) is 23.1 Å². The minimum atomic E-state index is -0.273. The first-order chi connectivity index (χ1) is 17.0. The van der Waals surface area contributed by atoms with E-state index in [2.05, 4.69) is 10.6 Å². The lowest BCUT2D eigenvalue weighted by molar-refractivity contribution is -0.122. The number of hydrogen-bond donors (Lipinski definition) is 2. The fraction of sp³-hybridized carbons (Fsp3) is 0.440. The van der Waals surface area contributed by atoms with Gasteiger partial charge in [-0.25, -0.2) is 0 Å². The second kappa shape index (κ2) is 9.87. The molecule has 5 rings (SSSR count). The zero-order chi connectivity index (χ0) is 24.4. The van der Waals surface area contributed by atoms with Crippen molar-refractivity contribution in [1.82, 2.24) is 15.5 Å². The van der Waals surface area contributed by atoms with Crippen LogP contribution in [-0.4, -0.2) is 67.5 Å². The van der Waals surface area contributed by atoms with E-state index < -0.39 is 0 Å². The molecule has 2 N–H and O–H groups in total. The molecule has 1 spiro atoms. The van der Waals surface area contributed by atoms with Crippen molar-refractivity contribution in [3.63, 3.8) is 0 Å². The Morgan fingerprint density at radius 2 is 1.83 bits per heavy atom. The smallest absolute Gasteiger partial charge is 0.261 e. The summed E-state index contributed by atoms with van der Waals surface area (Å²) >= 11 is 1.77. The highest BCUT2D eigenvalue weighted by Crippen LogP contribution is 2.40. The number of benzene rings is 2. The molecule has 2 fully saturated rings. The number of carbonyl (C=O) groups excluding carboxylic acids is 2. The molecule has 0 saturated carbocycles. The fourth-order valence-corrected chi connectivity index (χ4v) is 6.15. The van der Waals surface area contributed by atoms with Crippen LogP contribution >= 0.6 is 11.8 Å². The van der Waals surface area contributed by atoms with Crippen LogP contribution in [0, 0.1) is 0 Å². The van der Waals surface area contributed by atoms with Crippen LogP contribution in [0.25, 0.3) is 0 Å². The first kappa shape index (κ1) is 23.6. The average Bonchev–Trinajstić information content (AvgIpc) is 3.54. The van der Waals surface area contributed by atoms with Crippen molar-refractivity contribution >= 4 is 23.6 Å². The number of ether oxygens (including phenoxy) is 4. The maximum Gasteiger partial charge on any atom is 0.261 e. The van der Waals surface area contributed by atoms with E-state index in [-0.39, 0.29) is 29.5 Å². The van der Waals surface area contributed by atoms with Crippen molar-refractivity contribution in [3.05, 3.63) is 47.5 Å². The first-order valence-corrected chi connectivity index (χ1v) is 12.6. The highest BCUT2D eigenvalue weighted by Gasteiger charge is 2.44. The third-order valence-electron chi connectivity index (χ3n) is 6.68. The van der Waals surface area contributed by atoms with Gasteiger partial charge in [0.15, 0.2) is 11.5 Å². The van der Waals surface area contributed by atoms with E-state index in [9.17, 15) is 9.59 Å². The summed E-state index contributed by atoms with van der Waals surface area (Å²) in [6.07, 6.45) is 1.51. The van der Waals surface area contributed by atoms with E-state index in [4.69, 9.17) is 18.9 Å². The molecule has 2 aromatic carbocycles. The predicted molar refractivity (Wildman–Crippen MR) is 131 cm³/mol. The summed E-state index contributed by atoms with van der Waals surface area (Å²) in [5.74, 6) is 3.01. The van der Waals surface area contributed by atoms with Gasteiger partial charge in [-0.05, 0) is 42.7 Å². The quantitative estimate of drug-likeness (QED) is 0.625. The molecular weight excluding hydrogens is 470 g/mol. The normalized spacial score (nSPS) is 20.1. The maximum absolute atomic E-state index is 13.3. The van der Waals surface area contributed by atoms with Gasteiger partial charge in [0.1, 0.15) is 17.1 Å². The van der Waals surface area contributed by atoms with Gasteiger partial charge < -0.3 is 29.2 Å². The SMILES string of the molecule is COc1cccc(OC)c1C(=O)N1CCC2(CC1)NC(C(=O)NCc1ccc3c(c1)OCO3)CS2. The molecule has 186 valence electrons. The molecule has 35 heavy (non-hydrogen) atoms. The number of rotatable bonds is 6. The van der Waals surface area contributed by atoms with Gasteiger partial charge in [-0.15, -0.1) is 11.8 Å². The molecule has 1 unspecified atom stereocenters. The summed E-state index contributed by atoms with van der Waals surface area (Å²) < 4.78 is 21.6. The molecule has 3 aliphatic heterocycles. The zero-order valence-electron chi connectivity index (χ0n) is 19.8. The molecule has 2 amide bonds. The second-order valence-electron chi connectivity index (χ2n) is 8.74. The third kappa shape index (κ3) is 4.72. The van der Waals surface area contributed by atoms with Crippen LogP contribution in [0.5, 0.6) is 23.0 Å². The highest BCUT2D eigenvalue weighted by atomic mass is 32.2. The summed E-state index contributed by atoms with van der Waals surface area (Å²) in [4.78, 5) is 27.8. The van der Waals surface area contributed by atoms with E-state index in [0.717, 1.165) is 24.2 Å². The lowest BCUT2D eigenvalue weighted by atomic mass is 10.0. The molecule has 3 aliphatic rings. The summed E-state index contributed by atoms with van der Waals surface area (Å²) in [7, 11) is 3.10. The monoisotopic (exact) mass is 499 g/mol. The molecular formula is C25H29N3O6S. The largest absolute Gasteiger partial charge is 0.496 e. The summed E-state index contributed by atoms with van der Waals surface area (Å²) in [6, 6.07) is 10.7. The number of carbonyl (C=O) groups is 2. The Bertz CT molecular complexity index is 1100. The molecule has 2 aromatic rings. The fourth-order valence-electron chi connectivity index (χ4n) is 4.73. The third-order valence-corrected chi connectivity index (χ3v) is 8.26. The Morgan fingerprint density at radius 1 is 1.11 bits per heavy atom. The Labute approximate surface area is 208 Å². The predicted octanol–water partition coefficient (Wildman–Crippen LogP) is 2.39. The van der Waals surface area contributed by atoms with Gasteiger partial charge in [-0.2, -0.15) is 0 Å². The summed E-state index contributed by atoms with van der Waals surface area (Å²) in [5, 5.41) is 6.57. The van der Waals surface area contributed by atoms with Gasteiger partial charge >= 0.3 is 0 Å². The van der Waals surface area contributed by atoms with Gasteiger partial charge in [-0.3, -0.25) is 14.9 Å². The van der Waals surface area contributed by atoms with E-state index in [0.29, 0.717) is 48.2 Å². The van der Waals surface area contributed by atoms with Crippen molar-refractivity contribution in [2.24, 2.45) is 0 Å². The number of nitrogens with one attached hydrogen (secondary N) is 2. The van der Waals surface area contributed by atoms with Crippen LogP contribution in [0.2, 0.25) is 0 Å². The molecule has 2 saturated heterocycles. The molecule has 0 bridgehead atoms. The lowest BCUT2D eigenvalue weighted by Crippen LogP contribution is -2.54. The van der Waals surface area contributed by atoms with E-state index >= 15 is 0 Å². The van der Waals surface area contributed by atoms with Crippen molar-refractivity contribution in [2.45, 2.75) is 30.3 Å². The van der Waals surface area contributed by atoms with Crippen LogP contribution in [0.4, 0.5) is 0 Å². The minimum Gasteiger partial charge on any atom is -0.496 e. The molecule has 10 heteroatoms. The number of likely N-dealkylation sites (tertiary alicyclic amines) is 1. The Kier molecular flexibility index (Phi) is 6.66. The number of methoxy groups -OCH3 is 2. The van der Waals surface area contributed by atoms with Gasteiger partial charge in [0, 0.05) is 25.4 Å². The number of amides is 2. The number of piperidine rings is 1. The van der Waals surface area contributed by atoms with Crippen LogP contribution < -0.4 is 29.6 Å². The molecule has 9 nitrogen and oxygen atoms in total. The average molecular weight is 500 g/mol. The summed E-state index contributed by atoms with van der Waals surface area (Å²) in [6.45, 7) is 1.83. The van der Waals surface area contributed by atoms with Crippen LogP contribution in [-0.2, 0) is 11.3 Å².